The van der Waals surface area contributed by atoms with Crippen molar-refractivity contribution in [1.82, 2.24) is 5.32 Å². The molecular weight excluding hydrogens is 298 g/mol. The molecule has 0 bridgehead atoms. The molecule has 1 amide bonds. The molecule has 0 aliphatic rings. The molecule has 0 aromatic heterocycles. The summed E-state index contributed by atoms with van der Waals surface area (Å²) in [4.78, 5) is 11.8. The van der Waals surface area contributed by atoms with Crippen molar-refractivity contribution in [3.8, 4) is 5.75 Å². The van der Waals surface area contributed by atoms with Crippen LogP contribution in [0.25, 0.3) is 0 Å². The summed E-state index contributed by atoms with van der Waals surface area (Å²) in [6.07, 6.45) is 0.324. The molecule has 0 saturated heterocycles. The lowest BCUT2D eigenvalue weighted by Gasteiger charge is -2.10. The molecule has 2 rings (SSSR count). The summed E-state index contributed by atoms with van der Waals surface area (Å²) in [6.45, 7) is 4.99. The molecule has 0 aliphatic carbocycles. The largest absolute Gasteiger partial charge is 0.491 e. The molecule has 2 aromatic carbocycles. The average Bonchev–Trinajstić information content (AvgIpc) is 2.45. The van der Waals surface area contributed by atoms with E-state index in [4.69, 9.17) is 16.3 Å². The van der Waals surface area contributed by atoms with Gasteiger partial charge in [-0.3, -0.25) is 4.79 Å². The van der Waals surface area contributed by atoms with Crippen molar-refractivity contribution >= 4 is 17.5 Å². The normalized spacial score (nSPS) is 10.3. The van der Waals surface area contributed by atoms with Gasteiger partial charge in [-0.05, 0) is 43.2 Å². The second-order valence-corrected chi connectivity index (χ2v) is 5.71. The summed E-state index contributed by atoms with van der Waals surface area (Å²) < 4.78 is 5.68. The van der Waals surface area contributed by atoms with Gasteiger partial charge < -0.3 is 10.1 Å². The van der Waals surface area contributed by atoms with Gasteiger partial charge in [0.2, 0.25) is 5.91 Å². The van der Waals surface area contributed by atoms with E-state index in [-0.39, 0.29) is 5.91 Å². The van der Waals surface area contributed by atoms with Gasteiger partial charge in [-0.1, -0.05) is 41.4 Å². The minimum absolute atomic E-state index is 0.0357. The maximum atomic E-state index is 11.8. The fourth-order valence-electron chi connectivity index (χ4n) is 2.21. The zero-order valence-corrected chi connectivity index (χ0v) is 13.6. The van der Waals surface area contributed by atoms with Crippen molar-refractivity contribution < 1.29 is 9.53 Å². The highest BCUT2D eigenvalue weighted by Gasteiger charge is 2.04. The van der Waals surface area contributed by atoms with Crippen LogP contribution < -0.4 is 10.1 Å². The maximum Gasteiger partial charge on any atom is 0.224 e. The van der Waals surface area contributed by atoms with E-state index in [9.17, 15) is 4.79 Å². The zero-order chi connectivity index (χ0) is 15.9. The highest BCUT2D eigenvalue weighted by Crippen LogP contribution is 2.18. The van der Waals surface area contributed by atoms with Gasteiger partial charge in [0, 0.05) is 5.02 Å². The van der Waals surface area contributed by atoms with Crippen molar-refractivity contribution in [2.45, 2.75) is 20.3 Å². The molecule has 0 spiro atoms. The van der Waals surface area contributed by atoms with Crippen LogP contribution in [-0.2, 0) is 11.2 Å². The van der Waals surface area contributed by atoms with E-state index >= 15 is 0 Å². The Hall–Kier alpha value is -2.00. The fraction of sp³-hybridized carbons (Fsp3) is 0.278. The Morgan fingerprint density at radius 2 is 2.00 bits per heavy atom. The summed E-state index contributed by atoms with van der Waals surface area (Å²) in [7, 11) is 0. The van der Waals surface area contributed by atoms with E-state index < -0.39 is 0 Å². The predicted octanol–water partition coefficient (Wildman–Crippen LogP) is 3.69. The minimum Gasteiger partial charge on any atom is -0.491 e. The van der Waals surface area contributed by atoms with Crippen LogP contribution in [-0.4, -0.2) is 19.1 Å². The third kappa shape index (κ3) is 5.08. The van der Waals surface area contributed by atoms with E-state index in [0.717, 1.165) is 16.9 Å². The molecule has 0 atom stereocenters. The first-order valence-corrected chi connectivity index (χ1v) is 7.63. The zero-order valence-electron chi connectivity index (χ0n) is 12.9. The quantitative estimate of drug-likeness (QED) is 0.825. The predicted molar refractivity (Wildman–Crippen MR) is 89.6 cm³/mol. The van der Waals surface area contributed by atoms with E-state index in [1.54, 1.807) is 12.1 Å². The molecule has 1 N–H and O–H groups in total. The van der Waals surface area contributed by atoms with Crippen LogP contribution in [0.5, 0.6) is 5.75 Å². The molecule has 2 aromatic rings. The first kappa shape index (κ1) is 16.4. The number of rotatable bonds is 6. The van der Waals surface area contributed by atoms with Crippen molar-refractivity contribution in [3.63, 3.8) is 0 Å². The summed E-state index contributed by atoms with van der Waals surface area (Å²) in [5, 5.41) is 3.49. The number of carbonyl (C=O) groups is 1. The Kier molecular flexibility index (Phi) is 5.84. The number of halogens is 1. The lowest BCUT2D eigenvalue weighted by molar-refractivity contribution is -0.120. The Morgan fingerprint density at radius 3 is 2.73 bits per heavy atom. The van der Waals surface area contributed by atoms with Crippen molar-refractivity contribution in [3.05, 3.63) is 64.2 Å². The Morgan fingerprint density at radius 1 is 1.18 bits per heavy atom. The summed E-state index contributed by atoms with van der Waals surface area (Å²) in [6, 6.07) is 13.4. The van der Waals surface area contributed by atoms with Crippen LogP contribution in [0.1, 0.15) is 16.7 Å². The summed E-state index contributed by atoms with van der Waals surface area (Å²) >= 11 is 5.90. The first-order valence-electron chi connectivity index (χ1n) is 7.26. The van der Waals surface area contributed by atoms with Gasteiger partial charge >= 0.3 is 0 Å². The number of nitrogens with one attached hydrogen (secondary N) is 1. The fourth-order valence-corrected chi connectivity index (χ4v) is 2.42. The Labute approximate surface area is 136 Å². The highest BCUT2D eigenvalue weighted by atomic mass is 35.5. The smallest absolute Gasteiger partial charge is 0.224 e. The Bertz CT molecular complexity index is 655. The molecule has 0 saturated carbocycles. The van der Waals surface area contributed by atoms with Gasteiger partial charge in [-0.25, -0.2) is 0 Å². The molecule has 4 heteroatoms. The number of carbonyl (C=O) groups excluding carboxylic acids is 1. The average molecular weight is 318 g/mol. The Balaban J connectivity index is 1.73. The molecule has 3 nitrogen and oxygen atoms in total. The van der Waals surface area contributed by atoms with Crippen LogP contribution in [0.3, 0.4) is 0 Å². The topological polar surface area (TPSA) is 38.3 Å². The second kappa shape index (κ2) is 7.85. The summed E-state index contributed by atoms with van der Waals surface area (Å²) in [5.74, 6) is 0.821. The van der Waals surface area contributed by atoms with Crippen molar-refractivity contribution in [2.75, 3.05) is 13.2 Å². The molecule has 0 heterocycles. The number of hydrogen-bond donors (Lipinski definition) is 1. The number of ether oxygens (including phenoxy) is 1. The molecular formula is C18H20ClNO2. The SMILES string of the molecule is Cc1ccc(OCCNC(=O)Cc2cccc(Cl)c2)c(C)c1. The van der Waals surface area contributed by atoms with E-state index in [0.29, 0.717) is 24.6 Å². The lowest BCUT2D eigenvalue weighted by Crippen LogP contribution is -2.29. The summed E-state index contributed by atoms with van der Waals surface area (Å²) in [5.41, 5.74) is 3.21. The van der Waals surface area contributed by atoms with Gasteiger partial charge in [0.15, 0.2) is 0 Å². The van der Waals surface area contributed by atoms with E-state index in [2.05, 4.69) is 11.4 Å². The standard InChI is InChI=1S/C18H20ClNO2/c1-13-6-7-17(14(2)10-13)22-9-8-20-18(21)12-15-4-3-5-16(19)11-15/h3-7,10-11H,8-9,12H2,1-2H3,(H,20,21). The second-order valence-electron chi connectivity index (χ2n) is 5.27. The lowest BCUT2D eigenvalue weighted by atomic mass is 10.1. The van der Waals surface area contributed by atoms with Crippen LogP contribution in [0.4, 0.5) is 0 Å². The van der Waals surface area contributed by atoms with Crippen LogP contribution in [0, 0.1) is 13.8 Å². The first-order chi connectivity index (χ1) is 10.5. The van der Waals surface area contributed by atoms with Crippen molar-refractivity contribution in [2.24, 2.45) is 0 Å². The van der Waals surface area contributed by atoms with Gasteiger partial charge in [-0.15, -0.1) is 0 Å². The third-order valence-electron chi connectivity index (χ3n) is 3.27. The monoisotopic (exact) mass is 317 g/mol. The van der Waals surface area contributed by atoms with Gasteiger partial charge in [0.1, 0.15) is 12.4 Å². The maximum absolute atomic E-state index is 11.8. The number of amides is 1. The molecule has 22 heavy (non-hydrogen) atoms. The van der Waals surface area contributed by atoms with E-state index in [1.807, 2.05) is 38.1 Å². The minimum atomic E-state index is -0.0357. The molecule has 0 fully saturated rings. The van der Waals surface area contributed by atoms with Crippen molar-refractivity contribution in [1.29, 1.82) is 0 Å². The van der Waals surface area contributed by atoms with Gasteiger partial charge in [-0.2, -0.15) is 0 Å². The molecule has 0 aliphatic heterocycles. The number of hydrogen-bond acceptors (Lipinski definition) is 2. The molecule has 116 valence electrons. The van der Waals surface area contributed by atoms with Crippen LogP contribution in [0.2, 0.25) is 5.02 Å². The van der Waals surface area contributed by atoms with E-state index in [1.165, 1.54) is 5.56 Å². The van der Waals surface area contributed by atoms with Crippen LogP contribution >= 0.6 is 11.6 Å². The number of benzene rings is 2. The third-order valence-corrected chi connectivity index (χ3v) is 3.50. The number of aryl methyl sites for hydroxylation is 2. The molecule has 0 unspecified atom stereocenters. The van der Waals surface area contributed by atoms with Crippen LogP contribution in [0.15, 0.2) is 42.5 Å². The molecule has 0 radical (unpaired) electrons. The van der Waals surface area contributed by atoms with Gasteiger partial charge in [0.25, 0.3) is 0 Å². The highest BCUT2D eigenvalue weighted by molar-refractivity contribution is 6.30. The van der Waals surface area contributed by atoms with Gasteiger partial charge in [0.05, 0.1) is 13.0 Å².